The molecule has 0 unspecified atom stereocenters. The molecule has 1 heterocycles. The topological polar surface area (TPSA) is 24.1 Å². The van der Waals surface area contributed by atoms with Gasteiger partial charge in [0.15, 0.2) is 0 Å². The Morgan fingerprint density at radius 2 is 1.90 bits per heavy atom. The van der Waals surface area contributed by atoms with E-state index < -0.39 is 0 Å². The van der Waals surface area contributed by atoms with Gasteiger partial charge in [-0.3, -0.25) is 0 Å². The zero-order chi connectivity index (χ0) is 5.82. The summed E-state index contributed by atoms with van der Waals surface area (Å²) in [6.07, 6.45) is 1.27. The molecule has 10 heavy (non-hydrogen) atoms. The Balaban J connectivity index is 0. The highest BCUT2D eigenvalue weighted by molar-refractivity contribution is 5.85. The van der Waals surface area contributed by atoms with Crippen LogP contribution in [0.1, 0.15) is 13.3 Å². The van der Waals surface area contributed by atoms with Gasteiger partial charge in [0.05, 0.1) is 0 Å². The van der Waals surface area contributed by atoms with Crippen molar-refractivity contribution in [3.8, 4) is 0 Å². The summed E-state index contributed by atoms with van der Waals surface area (Å²) in [5, 5.41) is 6.72. The van der Waals surface area contributed by atoms with E-state index in [2.05, 4.69) is 17.6 Å². The Kier molecular flexibility index (Phi) is 9.97. The summed E-state index contributed by atoms with van der Waals surface area (Å²) in [5.74, 6) is 0. The van der Waals surface area contributed by atoms with E-state index in [-0.39, 0.29) is 24.8 Å². The van der Waals surface area contributed by atoms with Crippen molar-refractivity contribution < 1.29 is 0 Å². The Morgan fingerprint density at radius 1 is 1.20 bits per heavy atom. The predicted octanol–water partition coefficient (Wildman–Crippen LogP) is 0.801. The molecule has 0 amide bonds. The Labute approximate surface area is 75.0 Å². The van der Waals surface area contributed by atoms with Gasteiger partial charge in [-0.05, 0) is 26.4 Å². The summed E-state index contributed by atoms with van der Waals surface area (Å²) < 4.78 is 0. The minimum absolute atomic E-state index is 0. The van der Waals surface area contributed by atoms with E-state index in [0.29, 0.717) is 6.04 Å². The number of rotatable bonds is 0. The van der Waals surface area contributed by atoms with Crippen LogP contribution >= 0.6 is 24.8 Å². The zero-order valence-electron chi connectivity index (χ0n) is 6.22. The van der Waals surface area contributed by atoms with Gasteiger partial charge in [-0.15, -0.1) is 24.8 Å². The van der Waals surface area contributed by atoms with Crippen molar-refractivity contribution in [3.63, 3.8) is 0 Å². The van der Waals surface area contributed by atoms with Crippen LogP contribution in [0.5, 0.6) is 0 Å². The van der Waals surface area contributed by atoms with Crippen LogP contribution in [0.15, 0.2) is 0 Å². The average Bonchev–Trinajstić information content (AvgIpc) is 1.94. The lowest BCUT2D eigenvalue weighted by molar-refractivity contribution is 0.568. The van der Waals surface area contributed by atoms with Gasteiger partial charge in [0.25, 0.3) is 0 Å². The van der Waals surface area contributed by atoms with Gasteiger partial charge in [0, 0.05) is 12.6 Å². The molecule has 0 bridgehead atoms. The summed E-state index contributed by atoms with van der Waals surface area (Å²) in [6, 6.07) is 0.664. The molecule has 64 valence electrons. The fourth-order valence-corrected chi connectivity index (χ4v) is 0.953. The van der Waals surface area contributed by atoms with Gasteiger partial charge in [-0.1, -0.05) is 0 Å². The van der Waals surface area contributed by atoms with E-state index in [1.807, 2.05) is 0 Å². The van der Waals surface area contributed by atoms with Gasteiger partial charge < -0.3 is 10.6 Å². The fourth-order valence-electron chi connectivity index (χ4n) is 0.953. The van der Waals surface area contributed by atoms with E-state index in [9.17, 15) is 0 Å². The van der Waals surface area contributed by atoms with Crippen LogP contribution in [-0.2, 0) is 0 Å². The number of hydrogen-bond acceptors (Lipinski definition) is 2. The van der Waals surface area contributed by atoms with Crippen LogP contribution in [0.2, 0.25) is 0 Å². The van der Waals surface area contributed by atoms with Crippen molar-refractivity contribution in [1.82, 2.24) is 10.6 Å². The molecule has 0 spiro atoms. The molecule has 0 radical (unpaired) electrons. The first-order valence-corrected chi connectivity index (χ1v) is 3.33. The van der Waals surface area contributed by atoms with E-state index in [4.69, 9.17) is 0 Å². The maximum atomic E-state index is 3.38. The minimum atomic E-state index is 0. The first kappa shape index (κ1) is 13.1. The summed E-state index contributed by atoms with van der Waals surface area (Å²) >= 11 is 0. The van der Waals surface area contributed by atoms with E-state index >= 15 is 0 Å². The van der Waals surface area contributed by atoms with Crippen molar-refractivity contribution in [2.75, 3.05) is 19.6 Å². The van der Waals surface area contributed by atoms with Crippen molar-refractivity contribution in [1.29, 1.82) is 0 Å². The van der Waals surface area contributed by atoms with Crippen LogP contribution in [-0.4, -0.2) is 25.7 Å². The van der Waals surface area contributed by atoms with Crippen LogP contribution < -0.4 is 10.6 Å². The molecule has 1 aliphatic rings. The Hall–Kier alpha value is 0.500. The molecule has 0 aliphatic carbocycles. The molecule has 4 heteroatoms. The molecule has 0 aromatic rings. The minimum Gasteiger partial charge on any atom is -0.315 e. The second-order valence-electron chi connectivity index (χ2n) is 2.41. The van der Waals surface area contributed by atoms with Gasteiger partial charge in [0.2, 0.25) is 0 Å². The molecule has 1 fully saturated rings. The van der Waals surface area contributed by atoms with Gasteiger partial charge in [-0.2, -0.15) is 0 Å². The molecule has 2 nitrogen and oxygen atoms in total. The highest BCUT2D eigenvalue weighted by Crippen LogP contribution is 1.85. The predicted molar refractivity (Wildman–Crippen MR) is 49.4 cm³/mol. The molecule has 2 N–H and O–H groups in total. The zero-order valence-corrected chi connectivity index (χ0v) is 7.86. The molecule has 0 saturated carbocycles. The van der Waals surface area contributed by atoms with Crippen LogP contribution in [0.4, 0.5) is 0 Å². The van der Waals surface area contributed by atoms with Gasteiger partial charge >= 0.3 is 0 Å². The first-order chi connectivity index (χ1) is 3.89. The maximum Gasteiger partial charge on any atom is 0.0164 e. The fraction of sp³-hybridized carbons (Fsp3) is 1.00. The summed E-state index contributed by atoms with van der Waals surface area (Å²) in [4.78, 5) is 0. The Morgan fingerprint density at radius 3 is 2.60 bits per heavy atom. The second kappa shape index (κ2) is 7.61. The molecular weight excluding hydrogens is 171 g/mol. The smallest absolute Gasteiger partial charge is 0.0164 e. The molecular formula is C6H16Cl2N2. The van der Waals surface area contributed by atoms with Crippen molar-refractivity contribution in [2.45, 2.75) is 19.4 Å². The highest BCUT2D eigenvalue weighted by atomic mass is 35.5. The third-order valence-electron chi connectivity index (χ3n) is 1.47. The first-order valence-electron chi connectivity index (χ1n) is 3.33. The third-order valence-corrected chi connectivity index (χ3v) is 1.47. The largest absolute Gasteiger partial charge is 0.315 e. The third kappa shape index (κ3) is 5.30. The molecule has 1 atom stereocenters. The second-order valence-corrected chi connectivity index (χ2v) is 2.41. The molecule has 0 aromatic carbocycles. The average molecular weight is 187 g/mol. The normalized spacial score (nSPS) is 25.5. The van der Waals surface area contributed by atoms with Crippen molar-refractivity contribution in [2.24, 2.45) is 0 Å². The molecule has 0 aromatic heterocycles. The highest BCUT2D eigenvalue weighted by Gasteiger charge is 2.02. The molecule has 1 aliphatic heterocycles. The summed E-state index contributed by atoms with van der Waals surface area (Å²) in [5.41, 5.74) is 0. The maximum absolute atomic E-state index is 3.38. The molecule has 1 rings (SSSR count). The van der Waals surface area contributed by atoms with Crippen molar-refractivity contribution >= 4 is 24.8 Å². The van der Waals surface area contributed by atoms with Crippen LogP contribution in [0, 0.1) is 0 Å². The van der Waals surface area contributed by atoms with Gasteiger partial charge in [0.1, 0.15) is 0 Å². The number of halogens is 2. The van der Waals surface area contributed by atoms with E-state index in [1.165, 1.54) is 19.5 Å². The Bertz CT molecular complexity index is 62.8. The van der Waals surface area contributed by atoms with E-state index in [1.54, 1.807) is 0 Å². The lowest BCUT2D eigenvalue weighted by Gasteiger charge is -2.06. The standard InChI is InChI=1S/C6H14N2.2ClH/c1-6-5-7-3-2-4-8-6;;/h6-8H,2-5H2,1H3;2*1H/t6-;;/m1../s1. The molecule has 1 saturated heterocycles. The van der Waals surface area contributed by atoms with Crippen molar-refractivity contribution in [3.05, 3.63) is 0 Å². The lowest BCUT2D eigenvalue weighted by atomic mass is 10.3. The number of hydrogen-bond donors (Lipinski definition) is 2. The van der Waals surface area contributed by atoms with Gasteiger partial charge in [-0.25, -0.2) is 0 Å². The van der Waals surface area contributed by atoms with E-state index in [0.717, 1.165) is 6.54 Å². The monoisotopic (exact) mass is 186 g/mol. The summed E-state index contributed by atoms with van der Waals surface area (Å²) in [7, 11) is 0. The SMILES string of the molecule is C[C@@H]1CNCCCN1.Cl.Cl. The quantitative estimate of drug-likeness (QED) is 0.586. The summed E-state index contributed by atoms with van der Waals surface area (Å²) in [6.45, 7) is 5.68. The van der Waals surface area contributed by atoms with Crippen LogP contribution in [0.25, 0.3) is 0 Å². The lowest BCUT2D eigenvalue weighted by Crippen LogP contribution is -2.31. The van der Waals surface area contributed by atoms with Crippen LogP contribution in [0.3, 0.4) is 0 Å². The number of nitrogens with one attached hydrogen (secondary N) is 2.